The summed E-state index contributed by atoms with van der Waals surface area (Å²) in [7, 11) is 3.00. The summed E-state index contributed by atoms with van der Waals surface area (Å²) in [6, 6.07) is 9.29. The first-order chi connectivity index (χ1) is 14.5. The minimum absolute atomic E-state index is 0.318. The van der Waals surface area contributed by atoms with Crippen molar-refractivity contribution in [3.63, 3.8) is 0 Å². The van der Waals surface area contributed by atoms with Crippen LogP contribution in [0.2, 0.25) is 5.02 Å². The Morgan fingerprint density at radius 3 is 2.50 bits per heavy atom. The van der Waals surface area contributed by atoms with E-state index in [1.54, 1.807) is 28.9 Å². The van der Waals surface area contributed by atoms with Crippen LogP contribution in [0.4, 0.5) is 10.1 Å². The van der Waals surface area contributed by atoms with Gasteiger partial charge in [-0.3, -0.25) is 4.79 Å². The molecule has 0 saturated carbocycles. The van der Waals surface area contributed by atoms with E-state index in [0.717, 1.165) is 42.6 Å². The molecule has 1 aliphatic rings. The lowest BCUT2D eigenvalue weighted by Gasteiger charge is -2.15. The van der Waals surface area contributed by atoms with Gasteiger partial charge in [-0.2, -0.15) is 5.10 Å². The number of aromatic nitrogens is 2. The van der Waals surface area contributed by atoms with Crippen LogP contribution in [-0.2, 0) is 12.8 Å². The van der Waals surface area contributed by atoms with Crippen molar-refractivity contribution in [3.8, 4) is 17.2 Å². The Morgan fingerprint density at radius 1 is 1.10 bits per heavy atom. The van der Waals surface area contributed by atoms with Gasteiger partial charge in [-0.15, -0.1) is 0 Å². The molecule has 1 heterocycles. The van der Waals surface area contributed by atoms with E-state index in [9.17, 15) is 9.18 Å². The maximum Gasteiger partial charge on any atom is 0.276 e. The molecule has 1 aliphatic carbocycles. The van der Waals surface area contributed by atoms with Crippen LogP contribution in [0.25, 0.3) is 5.69 Å². The number of nitrogens with zero attached hydrogens (tertiary/aromatic N) is 2. The molecule has 2 aromatic carbocycles. The van der Waals surface area contributed by atoms with E-state index in [1.165, 1.54) is 26.4 Å². The lowest BCUT2D eigenvalue weighted by Crippen LogP contribution is -2.16. The van der Waals surface area contributed by atoms with Crippen LogP contribution in [0.5, 0.6) is 11.5 Å². The smallest absolute Gasteiger partial charge is 0.276 e. The molecule has 1 amide bonds. The summed E-state index contributed by atoms with van der Waals surface area (Å²) in [6.45, 7) is 0. The van der Waals surface area contributed by atoms with Crippen molar-refractivity contribution in [3.05, 3.63) is 64.2 Å². The van der Waals surface area contributed by atoms with Crippen LogP contribution in [0, 0.1) is 5.82 Å². The number of carbonyl (C=O) groups excluding carboxylic acids is 1. The van der Waals surface area contributed by atoms with Gasteiger partial charge in [-0.25, -0.2) is 9.07 Å². The van der Waals surface area contributed by atoms with Gasteiger partial charge >= 0.3 is 0 Å². The molecule has 0 radical (unpaired) electrons. The average molecular weight is 430 g/mol. The Balaban J connectivity index is 1.72. The third-order valence-corrected chi connectivity index (χ3v) is 5.48. The van der Waals surface area contributed by atoms with Crippen molar-refractivity contribution in [2.24, 2.45) is 0 Å². The standard InChI is InChI=1S/C22H21ClFN3O3/c1-29-19-12-17(20(30-2)11-16(19)23)25-22(28)21-15-5-3-4-6-18(15)27(26-21)14-9-7-13(24)8-10-14/h7-12H,3-6H2,1-2H3,(H,25,28). The second-order valence-corrected chi connectivity index (χ2v) is 7.42. The van der Waals surface area contributed by atoms with Crippen LogP contribution in [0.1, 0.15) is 34.6 Å². The quantitative estimate of drug-likeness (QED) is 0.632. The SMILES string of the molecule is COc1cc(NC(=O)c2nn(-c3ccc(F)cc3)c3c2CCCC3)c(OC)cc1Cl. The number of amides is 1. The first-order valence-corrected chi connectivity index (χ1v) is 9.99. The number of fused-ring (bicyclic) bond motifs is 1. The van der Waals surface area contributed by atoms with E-state index in [2.05, 4.69) is 10.4 Å². The Kier molecular flexibility index (Phi) is 5.63. The highest BCUT2D eigenvalue weighted by molar-refractivity contribution is 6.32. The number of benzene rings is 2. The molecule has 1 aromatic heterocycles. The zero-order valence-electron chi connectivity index (χ0n) is 16.7. The maximum absolute atomic E-state index is 13.4. The summed E-state index contributed by atoms with van der Waals surface area (Å²) in [5, 5.41) is 7.83. The summed E-state index contributed by atoms with van der Waals surface area (Å²) in [4.78, 5) is 13.2. The van der Waals surface area contributed by atoms with E-state index in [0.29, 0.717) is 27.9 Å². The van der Waals surface area contributed by atoms with Gasteiger partial charge in [0.05, 0.1) is 30.6 Å². The Labute approximate surface area is 178 Å². The fraction of sp³-hybridized carbons (Fsp3) is 0.273. The molecule has 0 spiro atoms. The van der Waals surface area contributed by atoms with E-state index in [-0.39, 0.29) is 11.7 Å². The molecule has 8 heteroatoms. The van der Waals surface area contributed by atoms with Gasteiger partial charge in [0.15, 0.2) is 5.69 Å². The van der Waals surface area contributed by atoms with Gasteiger partial charge in [0.25, 0.3) is 5.91 Å². The van der Waals surface area contributed by atoms with Gasteiger partial charge in [0.2, 0.25) is 0 Å². The van der Waals surface area contributed by atoms with Crippen LogP contribution in [0.3, 0.4) is 0 Å². The molecular formula is C22H21ClFN3O3. The molecule has 30 heavy (non-hydrogen) atoms. The monoisotopic (exact) mass is 429 g/mol. The first-order valence-electron chi connectivity index (χ1n) is 9.61. The van der Waals surface area contributed by atoms with E-state index < -0.39 is 0 Å². The molecule has 3 aromatic rings. The van der Waals surface area contributed by atoms with Crippen LogP contribution in [0.15, 0.2) is 36.4 Å². The fourth-order valence-corrected chi connectivity index (χ4v) is 3.95. The number of rotatable bonds is 5. The summed E-state index contributed by atoms with van der Waals surface area (Å²) in [6.07, 6.45) is 3.58. The average Bonchev–Trinajstić information content (AvgIpc) is 3.15. The molecule has 4 rings (SSSR count). The number of methoxy groups -OCH3 is 2. The molecule has 6 nitrogen and oxygen atoms in total. The minimum atomic E-state index is -0.350. The Bertz CT molecular complexity index is 1100. The molecule has 0 fully saturated rings. The topological polar surface area (TPSA) is 65.4 Å². The lowest BCUT2D eigenvalue weighted by molar-refractivity contribution is 0.102. The molecule has 0 aliphatic heterocycles. The number of ether oxygens (including phenoxy) is 2. The second kappa shape index (κ2) is 8.36. The second-order valence-electron chi connectivity index (χ2n) is 7.01. The minimum Gasteiger partial charge on any atom is -0.495 e. The molecule has 0 saturated heterocycles. The molecule has 156 valence electrons. The summed E-state index contributed by atoms with van der Waals surface area (Å²) in [5.74, 6) is 0.172. The van der Waals surface area contributed by atoms with Crippen molar-refractivity contribution in [2.75, 3.05) is 19.5 Å². The molecule has 0 atom stereocenters. The van der Waals surface area contributed by atoms with Gasteiger partial charge in [-0.1, -0.05) is 11.6 Å². The number of hydrogen-bond donors (Lipinski definition) is 1. The number of anilines is 1. The molecule has 0 unspecified atom stereocenters. The summed E-state index contributed by atoms with van der Waals surface area (Å²) >= 11 is 6.15. The van der Waals surface area contributed by atoms with E-state index in [1.807, 2.05) is 0 Å². The van der Waals surface area contributed by atoms with Crippen molar-refractivity contribution in [1.82, 2.24) is 9.78 Å². The van der Waals surface area contributed by atoms with Crippen LogP contribution < -0.4 is 14.8 Å². The van der Waals surface area contributed by atoms with Crippen molar-refractivity contribution in [1.29, 1.82) is 0 Å². The first kappa shape index (κ1) is 20.2. The molecular weight excluding hydrogens is 409 g/mol. The highest BCUT2D eigenvalue weighted by Crippen LogP contribution is 2.36. The zero-order chi connectivity index (χ0) is 21.3. The van der Waals surface area contributed by atoms with Crippen molar-refractivity contribution < 1.29 is 18.7 Å². The fourth-order valence-electron chi connectivity index (χ4n) is 3.72. The Morgan fingerprint density at radius 2 is 1.80 bits per heavy atom. The predicted molar refractivity (Wildman–Crippen MR) is 113 cm³/mol. The Hall–Kier alpha value is -3.06. The van der Waals surface area contributed by atoms with Crippen LogP contribution >= 0.6 is 11.6 Å². The molecule has 1 N–H and O–H groups in total. The molecule has 0 bridgehead atoms. The third-order valence-electron chi connectivity index (χ3n) is 5.19. The van der Waals surface area contributed by atoms with E-state index >= 15 is 0 Å². The largest absolute Gasteiger partial charge is 0.495 e. The number of hydrogen-bond acceptors (Lipinski definition) is 4. The maximum atomic E-state index is 13.4. The van der Waals surface area contributed by atoms with E-state index in [4.69, 9.17) is 21.1 Å². The van der Waals surface area contributed by atoms with Gasteiger partial charge < -0.3 is 14.8 Å². The number of nitrogens with one attached hydrogen (secondary N) is 1. The normalized spacial score (nSPS) is 12.9. The lowest BCUT2D eigenvalue weighted by atomic mass is 9.95. The van der Waals surface area contributed by atoms with Crippen molar-refractivity contribution in [2.45, 2.75) is 25.7 Å². The van der Waals surface area contributed by atoms with Crippen molar-refractivity contribution >= 4 is 23.2 Å². The third kappa shape index (κ3) is 3.73. The van der Waals surface area contributed by atoms with Crippen LogP contribution in [-0.4, -0.2) is 29.9 Å². The summed E-state index contributed by atoms with van der Waals surface area (Å²) in [5.41, 5.74) is 3.41. The highest BCUT2D eigenvalue weighted by atomic mass is 35.5. The number of halogens is 2. The highest BCUT2D eigenvalue weighted by Gasteiger charge is 2.26. The predicted octanol–water partition coefficient (Wildman–Crippen LogP) is 4.81. The van der Waals surface area contributed by atoms with Gasteiger partial charge in [0.1, 0.15) is 17.3 Å². The van der Waals surface area contributed by atoms with Gasteiger partial charge in [0, 0.05) is 23.4 Å². The summed E-state index contributed by atoms with van der Waals surface area (Å²) < 4.78 is 25.7. The van der Waals surface area contributed by atoms with Gasteiger partial charge in [-0.05, 0) is 49.9 Å². The number of carbonyl (C=O) groups is 1. The zero-order valence-corrected chi connectivity index (χ0v) is 17.4.